The third-order valence-electron chi connectivity index (χ3n) is 5.35. The Kier molecular flexibility index (Phi) is 6.66. The zero-order chi connectivity index (χ0) is 19.8. The number of carbonyl (C=O) groups excluding carboxylic acids is 1. The fraction of sp³-hybridized carbons (Fsp3) is 0.208. The van der Waals surface area contributed by atoms with Gasteiger partial charge in [-0.15, -0.1) is 0 Å². The molecule has 1 unspecified atom stereocenters. The van der Waals surface area contributed by atoms with Gasteiger partial charge >= 0.3 is 6.03 Å². The summed E-state index contributed by atoms with van der Waals surface area (Å²) in [6.45, 7) is 5.91. The van der Waals surface area contributed by atoms with E-state index in [0.717, 1.165) is 5.56 Å². The second-order valence-electron chi connectivity index (χ2n) is 7.60. The lowest BCUT2D eigenvalue weighted by molar-refractivity contribution is 0.240. The Morgan fingerprint density at radius 3 is 1.93 bits per heavy atom. The topological polar surface area (TPSA) is 41.1 Å². The molecule has 0 bridgehead atoms. The highest BCUT2D eigenvalue weighted by Gasteiger charge is 2.34. The molecular weight excluding hydrogens is 360 g/mol. The minimum absolute atomic E-state index is 0.123. The smallest absolute Gasteiger partial charge is 0.315 e. The highest BCUT2D eigenvalue weighted by atomic mass is 28.3. The van der Waals surface area contributed by atoms with Gasteiger partial charge in [-0.3, -0.25) is 0 Å². The third kappa shape index (κ3) is 5.11. The van der Waals surface area contributed by atoms with Crippen molar-refractivity contribution < 1.29 is 4.79 Å². The predicted octanol–water partition coefficient (Wildman–Crippen LogP) is 4.42. The first-order chi connectivity index (χ1) is 13.6. The molecule has 1 atom stereocenters. The molecule has 28 heavy (non-hydrogen) atoms. The van der Waals surface area contributed by atoms with Crippen LogP contribution in [0.3, 0.4) is 0 Å². The van der Waals surface area contributed by atoms with E-state index in [1.54, 1.807) is 0 Å². The number of hydrogen-bond acceptors (Lipinski definition) is 1. The molecular formula is C24H28N2OSi. The van der Waals surface area contributed by atoms with Gasteiger partial charge in [0.1, 0.15) is 0 Å². The molecule has 0 saturated carbocycles. The van der Waals surface area contributed by atoms with Gasteiger partial charge in [0.05, 0.1) is 8.07 Å². The Hall–Kier alpha value is -2.85. The van der Waals surface area contributed by atoms with E-state index in [1.165, 1.54) is 10.8 Å². The van der Waals surface area contributed by atoms with Crippen molar-refractivity contribution in [2.75, 3.05) is 6.54 Å². The van der Waals surface area contributed by atoms with E-state index in [0.29, 0.717) is 18.6 Å². The van der Waals surface area contributed by atoms with Crippen molar-refractivity contribution in [2.45, 2.75) is 25.2 Å². The van der Waals surface area contributed by atoms with E-state index in [-0.39, 0.29) is 6.03 Å². The summed E-state index contributed by atoms with van der Waals surface area (Å²) < 4.78 is 0. The first-order valence-corrected chi connectivity index (χ1v) is 12.8. The minimum Gasteiger partial charge on any atom is -0.338 e. The molecule has 0 aromatic heterocycles. The van der Waals surface area contributed by atoms with Crippen LogP contribution in [0.4, 0.5) is 4.79 Å². The molecule has 0 spiro atoms. The lowest BCUT2D eigenvalue weighted by atomic mass is 10.1. The van der Waals surface area contributed by atoms with E-state index in [9.17, 15) is 4.79 Å². The van der Waals surface area contributed by atoms with Crippen LogP contribution >= 0.6 is 0 Å². The van der Waals surface area contributed by atoms with Crippen LogP contribution in [0, 0.1) is 0 Å². The van der Waals surface area contributed by atoms with Crippen molar-refractivity contribution >= 4 is 19.3 Å². The first-order valence-electron chi connectivity index (χ1n) is 9.73. The number of amides is 2. The molecule has 4 heteroatoms. The van der Waals surface area contributed by atoms with Crippen molar-refractivity contribution in [1.29, 1.82) is 0 Å². The Balaban J connectivity index is 1.70. The van der Waals surface area contributed by atoms with Crippen LogP contribution in [0.1, 0.15) is 16.7 Å². The average Bonchev–Trinajstić information content (AvgIpc) is 2.74. The van der Waals surface area contributed by atoms with Crippen LogP contribution in [0.15, 0.2) is 91.0 Å². The highest BCUT2D eigenvalue weighted by molar-refractivity contribution is 6.91. The van der Waals surface area contributed by atoms with E-state index in [1.807, 2.05) is 36.4 Å². The van der Waals surface area contributed by atoms with Crippen molar-refractivity contribution in [2.24, 2.45) is 0 Å². The SMILES string of the molecule is C[Si](C)(c1ccccc1)C(CNC(=O)NCc1ccccc1)c1ccccc1. The molecule has 0 radical (unpaired) electrons. The molecule has 0 aliphatic rings. The fourth-order valence-corrected chi connectivity index (χ4v) is 6.67. The molecule has 0 heterocycles. The Labute approximate surface area is 168 Å². The number of hydrogen-bond donors (Lipinski definition) is 2. The summed E-state index contributed by atoms with van der Waals surface area (Å²) in [6, 6.07) is 31.1. The standard InChI is InChI=1S/C24H28N2OSi/c1-28(2,22-16-10-5-11-17-22)23(21-14-8-4-9-15-21)19-26-24(27)25-18-20-12-6-3-7-13-20/h3-17,23H,18-19H2,1-2H3,(H2,25,26,27). The summed E-state index contributed by atoms with van der Waals surface area (Å²) in [5.41, 5.74) is 2.67. The number of rotatable bonds is 7. The number of nitrogens with one attached hydrogen (secondary N) is 2. The van der Waals surface area contributed by atoms with Crippen LogP contribution in [0.25, 0.3) is 0 Å². The molecule has 144 valence electrons. The lowest BCUT2D eigenvalue weighted by Crippen LogP contribution is -2.52. The molecule has 3 rings (SSSR count). The lowest BCUT2D eigenvalue weighted by Gasteiger charge is -2.34. The molecule has 2 amide bonds. The maximum atomic E-state index is 12.4. The first kappa shape index (κ1) is 19.9. The molecule has 0 aliphatic heterocycles. The summed E-state index contributed by atoms with van der Waals surface area (Å²) in [5, 5.41) is 7.47. The quantitative estimate of drug-likeness (QED) is 0.578. The highest BCUT2D eigenvalue weighted by Crippen LogP contribution is 2.26. The van der Waals surface area contributed by atoms with E-state index in [4.69, 9.17) is 0 Å². The van der Waals surface area contributed by atoms with Crippen molar-refractivity contribution in [3.05, 3.63) is 102 Å². The van der Waals surface area contributed by atoms with Gasteiger partial charge in [0.25, 0.3) is 0 Å². The maximum Gasteiger partial charge on any atom is 0.315 e. The Morgan fingerprint density at radius 1 is 0.786 bits per heavy atom. The Bertz CT molecular complexity index is 867. The van der Waals surface area contributed by atoms with Gasteiger partial charge < -0.3 is 10.6 Å². The normalized spacial score (nSPS) is 12.2. The second kappa shape index (κ2) is 9.38. The molecule has 0 fully saturated rings. The Morgan fingerprint density at radius 2 is 1.32 bits per heavy atom. The number of carbonyl (C=O) groups is 1. The van der Waals surface area contributed by atoms with Gasteiger partial charge in [-0.1, -0.05) is 109 Å². The molecule has 0 aliphatic carbocycles. The molecule has 3 aromatic carbocycles. The summed E-state index contributed by atoms with van der Waals surface area (Å²) in [7, 11) is -1.85. The van der Waals surface area contributed by atoms with Crippen molar-refractivity contribution in [3.8, 4) is 0 Å². The number of urea groups is 1. The third-order valence-corrected chi connectivity index (χ3v) is 9.45. The van der Waals surface area contributed by atoms with Gasteiger partial charge in [-0.2, -0.15) is 0 Å². The zero-order valence-corrected chi connectivity index (χ0v) is 17.6. The van der Waals surface area contributed by atoms with Gasteiger partial charge in [0.2, 0.25) is 0 Å². The summed E-state index contributed by atoms with van der Waals surface area (Å²) in [4.78, 5) is 12.4. The minimum atomic E-state index is -1.85. The van der Waals surface area contributed by atoms with E-state index >= 15 is 0 Å². The zero-order valence-electron chi connectivity index (χ0n) is 16.6. The van der Waals surface area contributed by atoms with Crippen LogP contribution in [-0.2, 0) is 6.54 Å². The second-order valence-corrected chi connectivity index (χ2v) is 12.3. The number of benzene rings is 3. The summed E-state index contributed by atoms with van der Waals surface area (Å²) in [5.74, 6) is 0. The van der Waals surface area contributed by atoms with Gasteiger partial charge in [0, 0.05) is 18.6 Å². The van der Waals surface area contributed by atoms with Crippen LogP contribution in [-0.4, -0.2) is 20.6 Å². The van der Waals surface area contributed by atoms with E-state index in [2.05, 4.69) is 78.3 Å². The molecule has 2 N–H and O–H groups in total. The van der Waals surface area contributed by atoms with Gasteiger partial charge in [-0.25, -0.2) is 4.79 Å². The molecule has 0 saturated heterocycles. The molecule has 3 aromatic rings. The summed E-state index contributed by atoms with van der Waals surface area (Å²) >= 11 is 0. The van der Waals surface area contributed by atoms with Crippen LogP contribution in [0.5, 0.6) is 0 Å². The van der Waals surface area contributed by atoms with Crippen LogP contribution < -0.4 is 15.8 Å². The van der Waals surface area contributed by atoms with Crippen LogP contribution in [0.2, 0.25) is 13.1 Å². The van der Waals surface area contributed by atoms with Gasteiger partial charge in [-0.05, 0) is 11.1 Å². The largest absolute Gasteiger partial charge is 0.338 e. The fourth-order valence-electron chi connectivity index (χ4n) is 3.58. The predicted molar refractivity (Wildman–Crippen MR) is 119 cm³/mol. The van der Waals surface area contributed by atoms with E-state index < -0.39 is 8.07 Å². The van der Waals surface area contributed by atoms with Crippen molar-refractivity contribution in [3.63, 3.8) is 0 Å². The average molecular weight is 389 g/mol. The maximum absolute atomic E-state index is 12.4. The van der Waals surface area contributed by atoms with Gasteiger partial charge in [0.15, 0.2) is 0 Å². The van der Waals surface area contributed by atoms with Crippen molar-refractivity contribution in [1.82, 2.24) is 10.6 Å². The monoisotopic (exact) mass is 388 g/mol. The summed E-state index contributed by atoms with van der Waals surface area (Å²) in [6.07, 6.45) is 0. The molecule has 3 nitrogen and oxygen atoms in total.